The molecule has 2 rings (SSSR count). The van der Waals surface area contributed by atoms with Gasteiger partial charge >= 0.3 is 0 Å². The number of aryl methyl sites for hydroxylation is 1. The van der Waals surface area contributed by atoms with Crippen LogP contribution < -0.4 is 16.0 Å². The summed E-state index contributed by atoms with van der Waals surface area (Å²) in [5, 5.41) is 7.42. The number of hydrogen-bond donors (Lipinski definition) is 2. The Morgan fingerprint density at radius 3 is 2.35 bits per heavy atom. The lowest BCUT2D eigenvalue weighted by atomic mass is 10.2. The summed E-state index contributed by atoms with van der Waals surface area (Å²) in [7, 11) is 5.87. The van der Waals surface area contributed by atoms with Crippen LogP contribution in [0.25, 0.3) is 0 Å². The van der Waals surface area contributed by atoms with E-state index >= 15 is 0 Å². The number of hydrogen-bond acceptors (Lipinski definition) is 4. The van der Waals surface area contributed by atoms with Gasteiger partial charge in [0.15, 0.2) is 5.82 Å². The number of anilines is 4. The van der Waals surface area contributed by atoms with E-state index in [2.05, 4.69) is 15.3 Å². The zero-order valence-electron chi connectivity index (χ0n) is 10.3. The molecule has 0 aliphatic rings. The second-order valence-corrected chi connectivity index (χ2v) is 4.17. The van der Waals surface area contributed by atoms with Crippen LogP contribution in [0.15, 0.2) is 30.5 Å². The number of nitrogens with one attached hydrogen (secondary N) is 1. The quantitative estimate of drug-likeness (QED) is 0.845. The summed E-state index contributed by atoms with van der Waals surface area (Å²) < 4.78 is 1.69. The van der Waals surface area contributed by atoms with Gasteiger partial charge in [-0.25, -0.2) is 0 Å². The van der Waals surface area contributed by atoms with Gasteiger partial charge in [-0.3, -0.25) is 4.68 Å². The molecule has 0 saturated carbocycles. The van der Waals surface area contributed by atoms with E-state index in [0.717, 1.165) is 11.4 Å². The molecular weight excluding hydrogens is 214 g/mol. The molecule has 1 aromatic carbocycles. The van der Waals surface area contributed by atoms with Gasteiger partial charge in [0.1, 0.15) is 0 Å². The average molecular weight is 231 g/mol. The Balaban J connectivity index is 2.16. The van der Waals surface area contributed by atoms with Gasteiger partial charge in [0.05, 0.1) is 5.69 Å². The second kappa shape index (κ2) is 4.37. The maximum atomic E-state index is 5.81. The lowest BCUT2D eigenvalue weighted by Gasteiger charge is -2.12. The van der Waals surface area contributed by atoms with Gasteiger partial charge in [0.2, 0.25) is 0 Å². The minimum Gasteiger partial charge on any atom is -0.394 e. The Morgan fingerprint density at radius 1 is 1.24 bits per heavy atom. The molecule has 0 amide bonds. The van der Waals surface area contributed by atoms with E-state index in [0.29, 0.717) is 11.5 Å². The molecule has 90 valence electrons. The predicted octanol–water partition coefficient (Wildman–Crippen LogP) is 1.81. The molecule has 1 heterocycles. The van der Waals surface area contributed by atoms with Crippen molar-refractivity contribution in [1.29, 1.82) is 0 Å². The van der Waals surface area contributed by atoms with E-state index in [9.17, 15) is 0 Å². The van der Waals surface area contributed by atoms with E-state index < -0.39 is 0 Å². The molecular formula is C12H17N5. The summed E-state index contributed by atoms with van der Waals surface area (Å²) >= 11 is 0. The molecule has 0 bridgehead atoms. The van der Waals surface area contributed by atoms with Crippen LogP contribution >= 0.6 is 0 Å². The third-order valence-corrected chi connectivity index (χ3v) is 2.50. The first-order valence-corrected chi connectivity index (χ1v) is 5.40. The van der Waals surface area contributed by atoms with E-state index in [-0.39, 0.29) is 0 Å². The Bertz CT molecular complexity index is 498. The number of nitrogens with zero attached hydrogens (tertiary/aromatic N) is 3. The van der Waals surface area contributed by atoms with Crippen molar-refractivity contribution in [1.82, 2.24) is 9.78 Å². The van der Waals surface area contributed by atoms with Crippen molar-refractivity contribution in [2.45, 2.75) is 0 Å². The van der Waals surface area contributed by atoms with Crippen LogP contribution in [0.1, 0.15) is 0 Å². The molecule has 0 saturated heterocycles. The monoisotopic (exact) mass is 231 g/mol. The van der Waals surface area contributed by atoms with Crippen LogP contribution in [-0.2, 0) is 7.05 Å². The fraction of sp³-hybridized carbons (Fsp3) is 0.250. The number of aromatic nitrogens is 2. The highest BCUT2D eigenvalue weighted by Gasteiger charge is 2.04. The Labute approximate surface area is 101 Å². The van der Waals surface area contributed by atoms with Crippen molar-refractivity contribution in [3.63, 3.8) is 0 Å². The smallest absolute Gasteiger partial charge is 0.175 e. The molecule has 3 N–H and O–H groups in total. The van der Waals surface area contributed by atoms with Gasteiger partial charge < -0.3 is 16.0 Å². The number of rotatable bonds is 3. The molecule has 5 nitrogen and oxygen atoms in total. The lowest BCUT2D eigenvalue weighted by molar-refractivity contribution is 0.771. The normalized spacial score (nSPS) is 10.3. The largest absolute Gasteiger partial charge is 0.394 e. The number of nitrogens with two attached hydrogens (primary N) is 1. The van der Waals surface area contributed by atoms with Crippen molar-refractivity contribution >= 4 is 22.9 Å². The lowest BCUT2D eigenvalue weighted by Crippen LogP contribution is -2.08. The molecule has 2 aromatic rings. The summed E-state index contributed by atoms with van der Waals surface area (Å²) in [4.78, 5) is 2.05. The first-order chi connectivity index (χ1) is 8.06. The van der Waals surface area contributed by atoms with Crippen LogP contribution in [0.4, 0.5) is 22.9 Å². The fourth-order valence-electron chi connectivity index (χ4n) is 1.58. The highest BCUT2D eigenvalue weighted by molar-refractivity contribution is 5.69. The molecule has 0 unspecified atom stereocenters. The Morgan fingerprint density at radius 2 is 1.88 bits per heavy atom. The van der Waals surface area contributed by atoms with Crippen molar-refractivity contribution in [3.8, 4) is 0 Å². The van der Waals surface area contributed by atoms with Crippen molar-refractivity contribution in [3.05, 3.63) is 30.5 Å². The van der Waals surface area contributed by atoms with Crippen molar-refractivity contribution < 1.29 is 0 Å². The van der Waals surface area contributed by atoms with E-state index in [1.165, 1.54) is 0 Å². The molecule has 0 atom stereocenters. The summed E-state index contributed by atoms with van der Waals surface area (Å²) in [5.41, 5.74) is 8.59. The van der Waals surface area contributed by atoms with Gasteiger partial charge in [-0.2, -0.15) is 5.10 Å². The molecule has 0 radical (unpaired) electrons. The minimum atomic E-state index is 0.643. The second-order valence-electron chi connectivity index (χ2n) is 4.17. The van der Waals surface area contributed by atoms with Gasteiger partial charge in [-0.1, -0.05) is 0 Å². The van der Waals surface area contributed by atoms with Crippen LogP contribution in [0.5, 0.6) is 0 Å². The van der Waals surface area contributed by atoms with E-state index in [4.69, 9.17) is 5.73 Å². The molecule has 1 aromatic heterocycles. The summed E-state index contributed by atoms with van der Waals surface area (Å²) in [6, 6.07) is 8.09. The molecule has 0 spiro atoms. The standard InChI is InChI=1S/C12H17N5/c1-16(2)10-6-4-9(5-7-10)14-12-11(13)8-17(3)15-12/h4-8H,13H2,1-3H3,(H,14,15). The fourth-order valence-corrected chi connectivity index (χ4v) is 1.58. The summed E-state index contributed by atoms with van der Waals surface area (Å²) in [6.07, 6.45) is 1.77. The molecule has 5 heteroatoms. The third kappa shape index (κ3) is 2.50. The number of benzene rings is 1. The highest BCUT2D eigenvalue weighted by Crippen LogP contribution is 2.22. The third-order valence-electron chi connectivity index (χ3n) is 2.50. The van der Waals surface area contributed by atoms with Gasteiger partial charge in [0.25, 0.3) is 0 Å². The Hall–Kier alpha value is -2.17. The summed E-state index contributed by atoms with van der Waals surface area (Å²) in [6.45, 7) is 0. The molecule has 0 aliphatic heterocycles. The number of nitrogen functional groups attached to an aromatic ring is 1. The van der Waals surface area contributed by atoms with E-state index in [1.54, 1.807) is 10.9 Å². The zero-order chi connectivity index (χ0) is 12.4. The van der Waals surface area contributed by atoms with Gasteiger partial charge in [-0.05, 0) is 24.3 Å². The van der Waals surface area contributed by atoms with Crippen LogP contribution in [0.3, 0.4) is 0 Å². The van der Waals surface area contributed by atoms with Gasteiger partial charge in [0, 0.05) is 38.7 Å². The van der Waals surface area contributed by atoms with Crippen LogP contribution in [0, 0.1) is 0 Å². The van der Waals surface area contributed by atoms with Crippen molar-refractivity contribution in [2.75, 3.05) is 30.0 Å². The average Bonchev–Trinajstić information content (AvgIpc) is 2.58. The topological polar surface area (TPSA) is 59.1 Å². The summed E-state index contributed by atoms with van der Waals surface area (Å²) in [5.74, 6) is 0.685. The van der Waals surface area contributed by atoms with Crippen LogP contribution in [-0.4, -0.2) is 23.9 Å². The maximum Gasteiger partial charge on any atom is 0.175 e. The highest BCUT2D eigenvalue weighted by atomic mass is 15.3. The predicted molar refractivity (Wildman–Crippen MR) is 71.7 cm³/mol. The molecule has 17 heavy (non-hydrogen) atoms. The Kier molecular flexibility index (Phi) is 2.91. The zero-order valence-corrected chi connectivity index (χ0v) is 10.3. The van der Waals surface area contributed by atoms with Gasteiger partial charge in [-0.15, -0.1) is 0 Å². The maximum absolute atomic E-state index is 5.81. The molecule has 0 aliphatic carbocycles. The first-order valence-electron chi connectivity index (χ1n) is 5.40. The van der Waals surface area contributed by atoms with E-state index in [1.807, 2.05) is 45.4 Å². The van der Waals surface area contributed by atoms with Crippen molar-refractivity contribution in [2.24, 2.45) is 7.05 Å². The molecule has 0 fully saturated rings. The SMILES string of the molecule is CN(C)c1ccc(Nc2nn(C)cc2N)cc1. The minimum absolute atomic E-state index is 0.643. The first kappa shape index (κ1) is 11.3. The van der Waals surface area contributed by atoms with Crippen LogP contribution in [0.2, 0.25) is 0 Å².